The number of esters is 2. The fraction of sp³-hybridized carbons (Fsp3) is 0.931. The van der Waals surface area contributed by atoms with Crippen molar-refractivity contribution in [3.8, 4) is 0 Å². The fourth-order valence-corrected chi connectivity index (χ4v) is 3.99. The van der Waals surface area contributed by atoms with Gasteiger partial charge in [0.15, 0.2) is 6.10 Å². The van der Waals surface area contributed by atoms with E-state index < -0.39 is 6.10 Å². The van der Waals surface area contributed by atoms with E-state index in [1.165, 1.54) is 96.3 Å². The third-order valence-corrected chi connectivity index (χ3v) is 6.08. The third-order valence-electron chi connectivity index (χ3n) is 6.08. The maximum atomic E-state index is 11.8. The van der Waals surface area contributed by atoms with Gasteiger partial charge in [-0.3, -0.25) is 9.59 Å². The highest BCUT2D eigenvalue weighted by molar-refractivity contribution is 5.70. The summed E-state index contributed by atoms with van der Waals surface area (Å²) >= 11 is 0. The minimum absolute atomic E-state index is 0.0766. The monoisotopic (exact) mass is 484 g/mol. The summed E-state index contributed by atoms with van der Waals surface area (Å²) in [6.07, 6.45) is 23.3. The van der Waals surface area contributed by atoms with Gasteiger partial charge in [0.1, 0.15) is 6.61 Å². The van der Waals surface area contributed by atoms with Gasteiger partial charge in [-0.15, -0.1) is 0 Å². The zero-order valence-electron chi connectivity index (χ0n) is 22.9. The van der Waals surface area contributed by atoms with Crippen molar-refractivity contribution in [2.75, 3.05) is 19.8 Å². The molecule has 0 saturated heterocycles. The van der Waals surface area contributed by atoms with Crippen LogP contribution in [-0.2, 0) is 23.8 Å². The van der Waals surface area contributed by atoms with Crippen LogP contribution in [0.15, 0.2) is 0 Å². The Balaban J connectivity index is 3.58. The molecule has 0 rings (SSSR count). The zero-order valence-corrected chi connectivity index (χ0v) is 22.9. The van der Waals surface area contributed by atoms with Crippen LogP contribution in [-0.4, -0.2) is 37.9 Å². The summed E-state index contributed by atoms with van der Waals surface area (Å²) in [6, 6.07) is 0. The molecule has 0 aliphatic heterocycles. The van der Waals surface area contributed by atoms with Crippen LogP contribution in [0.4, 0.5) is 0 Å². The zero-order chi connectivity index (χ0) is 25.1. The first-order valence-electron chi connectivity index (χ1n) is 14.6. The normalized spacial score (nSPS) is 12.0. The molecule has 5 heteroatoms. The van der Waals surface area contributed by atoms with Gasteiger partial charge in [0, 0.05) is 19.4 Å². The molecule has 0 aromatic rings. The van der Waals surface area contributed by atoms with Crippen molar-refractivity contribution >= 4 is 11.9 Å². The summed E-state index contributed by atoms with van der Waals surface area (Å²) in [7, 11) is 0. The molecule has 34 heavy (non-hydrogen) atoms. The Morgan fingerprint density at radius 2 is 0.971 bits per heavy atom. The van der Waals surface area contributed by atoms with E-state index in [4.69, 9.17) is 14.2 Å². The first kappa shape index (κ1) is 32.9. The topological polar surface area (TPSA) is 61.8 Å². The molecule has 0 aliphatic carbocycles. The minimum atomic E-state index is -0.513. The Bertz CT molecular complexity index is 452. The number of hydrogen-bond acceptors (Lipinski definition) is 5. The van der Waals surface area contributed by atoms with Crippen molar-refractivity contribution in [3.63, 3.8) is 0 Å². The molecule has 0 aliphatic rings. The number of ether oxygens (including phenoxy) is 3. The van der Waals surface area contributed by atoms with E-state index in [1.807, 2.05) is 13.8 Å². The number of carbonyl (C=O) groups is 2. The Morgan fingerprint density at radius 3 is 1.44 bits per heavy atom. The average Bonchev–Trinajstić information content (AvgIpc) is 2.82. The molecule has 0 fully saturated rings. The molecule has 0 saturated carbocycles. The number of hydrogen-bond donors (Lipinski definition) is 0. The summed E-state index contributed by atoms with van der Waals surface area (Å²) < 4.78 is 16.3. The first-order valence-corrected chi connectivity index (χ1v) is 14.6. The van der Waals surface area contributed by atoms with Gasteiger partial charge in [-0.1, -0.05) is 117 Å². The summed E-state index contributed by atoms with van der Waals surface area (Å²) in [6.45, 7) is 7.16. The van der Waals surface area contributed by atoms with Crippen LogP contribution in [0.1, 0.15) is 149 Å². The van der Waals surface area contributed by atoms with Crippen LogP contribution in [0.5, 0.6) is 0 Å². The third kappa shape index (κ3) is 24.0. The number of rotatable bonds is 26. The molecule has 0 aromatic heterocycles. The second-order valence-electron chi connectivity index (χ2n) is 9.67. The lowest BCUT2D eigenvalue weighted by molar-refractivity contribution is -0.162. The van der Waals surface area contributed by atoms with E-state index in [1.54, 1.807) is 0 Å². The van der Waals surface area contributed by atoms with E-state index >= 15 is 0 Å². The largest absolute Gasteiger partial charge is 0.462 e. The maximum Gasteiger partial charge on any atom is 0.306 e. The van der Waals surface area contributed by atoms with Gasteiger partial charge < -0.3 is 14.2 Å². The van der Waals surface area contributed by atoms with Gasteiger partial charge in [0.25, 0.3) is 0 Å². The lowest BCUT2D eigenvalue weighted by atomic mass is 10.0. The molecule has 0 heterocycles. The molecular formula is C29H56O5. The quantitative estimate of drug-likeness (QED) is 0.0912. The van der Waals surface area contributed by atoms with E-state index in [0.717, 1.165) is 19.3 Å². The van der Waals surface area contributed by atoms with Gasteiger partial charge in [0.05, 0.1) is 6.61 Å². The minimum Gasteiger partial charge on any atom is -0.462 e. The summed E-state index contributed by atoms with van der Waals surface area (Å²) in [4.78, 5) is 23.4. The van der Waals surface area contributed by atoms with Gasteiger partial charge in [-0.25, -0.2) is 0 Å². The smallest absolute Gasteiger partial charge is 0.306 e. The number of unbranched alkanes of at least 4 members (excludes halogenated alkanes) is 15. The predicted molar refractivity (Wildman–Crippen MR) is 141 cm³/mol. The molecule has 0 amide bonds. The van der Waals surface area contributed by atoms with Crippen molar-refractivity contribution in [1.29, 1.82) is 0 Å². The molecule has 1 atom stereocenters. The van der Waals surface area contributed by atoms with Crippen molar-refractivity contribution in [2.45, 2.75) is 155 Å². The highest BCUT2D eigenvalue weighted by atomic mass is 16.6. The van der Waals surface area contributed by atoms with Crippen LogP contribution in [0.25, 0.3) is 0 Å². The Hall–Kier alpha value is -1.10. The maximum absolute atomic E-state index is 11.8. The second-order valence-corrected chi connectivity index (χ2v) is 9.67. The second kappa shape index (κ2) is 26.5. The lowest BCUT2D eigenvalue weighted by Gasteiger charge is -2.18. The Morgan fingerprint density at radius 1 is 0.529 bits per heavy atom. The van der Waals surface area contributed by atoms with Gasteiger partial charge >= 0.3 is 11.9 Å². The van der Waals surface area contributed by atoms with E-state index in [2.05, 4.69) is 6.92 Å². The van der Waals surface area contributed by atoms with Crippen LogP contribution in [0.3, 0.4) is 0 Å². The fourth-order valence-electron chi connectivity index (χ4n) is 3.99. The van der Waals surface area contributed by atoms with Crippen LogP contribution in [0, 0.1) is 0 Å². The lowest BCUT2D eigenvalue weighted by Crippen LogP contribution is -2.30. The van der Waals surface area contributed by atoms with Crippen LogP contribution in [0.2, 0.25) is 0 Å². The van der Waals surface area contributed by atoms with Crippen molar-refractivity contribution in [1.82, 2.24) is 0 Å². The van der Waals surface area contributed by atoms with Crippen molar-refractivity contribution in [2.24, 2.45) is 0 Å². The Kier molecular flexibility index (Phi) is 25.6. The summed E-state index contributed by atoms with van der Waals surface area (Å²) in [5.41, 5.74) is 0. The van der Waals surface area contributed by atoms with Gasteiger partial charge in [-0.05, 0) is 19.3 Å². The molecule has 202 valence electrons. The molecule has 5 nitrogen and oxygen atoms in total. The Labute approximate surface area is 211 Å². The average molecular weight is 485 g/mol. The first-order chi connectivity index (χ1) is 16.6. The van der Waals surface area contributed by atoms with E-state index in [9.17, 15) is 9.59 Å². The summed E-state index contributed by atoms with van der Waals surface area (Å²) in [5.74, 6) is -0.512. The summed E-state index contributed by atoms with van der Waals surface area (Å²) in [5, 5.41) is 0. The molecule has 0 radical (unpaired) electrons. The van der Waals surface area contributed by atoms with E-state index in [-0.39, 0.29) is 25.2 Å². The van der Waals surface area contributed by atoms with E-state index in [0.29, 0.717) is 19.4 Å². The standard InChI is InChI=1S/C29H56O5/c1-4-7-8-9-10-11-12-13-14-15-16-17-18-19-20-21-24-32-25-27(34-29(31)23-6-3)26-33-28(30)22-5-2/h27H,4-26H2,1-3H3. The van der Waals surface area contributed by atoms with Crippen molar-refractivity contribution in [3.05, 3.63) is 0 Å². The van der Waals surface area contributed by atoms with Gasteiger partial charge in [0.2, 0.25) is 0 Å². The molecular weight excluding hydrogens is 428 g/mol. The van der Waals surface area contributed by atoms with Crippen molar-refractivity contribution < 1.29 is 23.8 Å². The molecule has 0 bridgehead atoms. The molecule has 0 aromatic carbocycles. The molecule has 0 N–H and O–H groups in total. The molecule has 1 unspecified atom stereocenters. The SMILES string of the molecule is CCCCCCCCCCCCCCCCCCOCC(COC(=O)CCC)OC(=O)CCC. The van der Waals surface area contributed by atoms with Gasteiger partial charge in [-0.2, -0.15) is 0 Å². The predicted octanol–water partition coefficient (Wildman–Crippen LogP) is 8.32. The molecule has 0 spiro atoms. The highest BCUT2D eigenvalue weighted by Crippen LogP contribution is 2.14. The van der Waals surface area contributed by atoms with Crippen LogP contribution >= 0.6 is 0 Å². The van der Waals surface area contributed by atoms with Crippen LogP contribution < -0.4 is 0 Å². The number of carbonyl (C=O) groups excluding carboxylic acids is 2. The highest BCUT2D eigenvalue weighted by Gasteiger charge is 2.17.